The summed E-state index contributed by atoms with van der Waals surface area (Å²) < 4.78 is 0.660. The molecule has 0 radical (unpaired) electrons. The zero-order chi connectivity index (χ0) is 7.07. The van der Waals surface area contributed by atoms with Crippen LogP contribution in [-0.2, 0) is 0 Å². The summed E-state index contributed by atoms with van der Waals surface area (Å²) in [4.78, 5) is 0. The van der Waals surface area contributed by atoms with Crippen LogP contribution in [0.25, 0.3) is 0 Å². The smallest absolute Gasteiger partial charge is 0.123 e. The maximum atomic E-state index is 8.94. The van der Waals surface area contributed by atoms with Crippen LogP contribution in [0.15, 0.2) is 10.7 Å². The predicted octanol–water partition coefficient (Wildman–Crippen LogP) is 1.21. The van der Waals surface area contributed by atoms with Crippen molar-refractivity contribution in [1.82, 2.24) is 10.6 Å². The molecule has 0 aromatic carbocycles. The molecule has 1 heterocycles. The first-order valence-corrected chi connectivity index (χ1v) is 3.46. The molecule has 52 valence electrons. The Labute approximate surface area is 62.4 Å². The van der Waals surface area contributed by atoms with E-state index in [4.69, 9.17) is 5.21 Å². The van der Waals surface area contributed by atoms with Gasteiger partial charge in [0.1, 0.15) is 4.61 Å². The summed E-state index contributed by atoms with van der Waals surface area (Å²) in [5.74, 6) is 0. The molecule has 0 aliphatic carbocycles. The van der Waals surface area contributed by atoms with Crippen molar-refractivity contribution in [2.24, 2.45) is 0 Å². The van der Waals surface area contributed by atoms with E-state index in [1.54, 1.807) is 0 Å². The molecule has 0 fully saturated rings. The highest BCUT2D eigenvalue weighted by atomic mass is 79.9. The van der Waals surface area contributed by atoms with Gasteiger partial charge in [-0.15, -0.1) is 0 Å². The summed E-state index contributed by atoms with van der Waals surface area (Å²) in [5, 5.41) is 9.90. The van der Waals surface area contributed by atoms with E-state index >= 15 is 0 Å². The van der Waals surface area contributed by atoms with E-state index in [1.807, 2.05) is 19.9 Å². The van der Waals surface area contributed by atoms with E-state index in [9.17, 15) is 0 Å². The van der Waals surface area contributed by atoms with Gasteiger partial charge in [-0.25, -0.2) is 0 Å². The summed E-state index contributed by atoms with van der Waals surface area (Å²) in [6.45, 7) is 3.93. The summed E-state index contributed by atoms with van der Waals surface area (Å²) in [5.41, 5.74) is 2.65. The Kier molecular flexibility index (Phi) is 1.54. The van der Waals surface area contributed by atoms with Gasteiger partial charge in [-0.2, -0.15) is 10.6 Å². The van der Waals surface area contributed by atoms with Crippen molar-refractivity contribution in [3.05, 3.63) is 10.7 Å². The molecule has 4 heteroatoms. The van der Waals surface area contributed by atoms with Gasteiger partial charge in [0.05, 0.1) is 5.54 Å². The van der Waals surface area contributed by atoms with Gasteiger partial charge in [0, 0.05) is 0 Å². The van der Waals surface area contributed by atoms with Crippen LogP contribution >= 0.6 is 15.9 Å². The van der Waals surface area contributed by atoms with Crippen molar-refractivity contribution in [2.45, 2.75) is 19.4 Å². The van der Waals surface area contributed by atoms with E-state index in [-0.39, 0.29) is 5.54 Å². The predicted molar refractivity (Wildman–Crippen MR) is 37.9 cm³/mol. The van der Waals surface area contributed by atoms with Crippen molar-refractivity contribution >= 4 is 15.9 Å². The van der Waals surface area contributed by atoms with Crippen LogP contribution in [0.3, 0.4) is 0 Å². The number of hydrazine groups is 1. The molecule has 1 aliphatic rings. The fourth-order valence-electron chi connectivity index (χ4n) is 0.718. The molecule has 0 atom stereocenters. The molecular weight excluding hydrogens is 184 g/mol. The highest BCUT2D eigenvalue weighted by molar-refractivity contribution is 9.11. The average molecular weight is 193 g/mol. The molecular formula is C5H9BrN2O. The minimum absolute atomic E-state index is 0.145. The third-order valence-electron chi connectivity index (χ3n) is 1.08. The van der Waals surface area contributed by atoms with Crippen molar-refractivity contribution < 1.29 is 5.21 Å². The van der Waals surface area contributed by atoms with E-state index in [2.05, 4.69) is 21.4 Å². The largest absolute Gasteiger partial charge is 0.272 e. The minimum atomic E-state index is -0.145. The van der Waals surface area contributed by atoms with Crippen LogP contribution in [0.2, 0.25) is 0 Å². The SMILES string of the molecule is CC1(C)C=C(Br)N(O)N1. The Hall–Kier alpha value is -0.0600. The number of halogens is 1. The Bertz CT molecular complexity index is 155. The second kappa shape index (κ2) is 1.97. The van der Waals surface area contributed by atoms with Crippen LogP contribution in [0, 0.1) is 0 Å². The zero-order valence-corrected chi connectivity index (χ0v) is 6.94. The molecule has 0 unspecified atom stereocenters. The lowest BCUT2D eigenvalue weighted by Gasteiger charge is -2.18. The second-order valence-electron chi connectivity index (χ2n) is 2.61. The van der Waals surface area contributed by atoms with Gasteiger partial charge >= 0.3 is 0 Å². The summed E-state index contributed by atoms with van der Waals surface area (Å²) >= 11 is 3.15. The number of nitrogens with one attached hydrogen (secondary N) is 1. The highest BCUT2D eigenvalue weighted by Gasteiger charge is 2.25. The molecule has 1 aliphatic heterocycles. The quantitative estimate of drug-likeness (QED) is 0.567. The van der Waals surface area contributed by atoms with Crippen LogP contribution in [0.4, 0.5) is 0 Å². The number of rotatable bonds is 0. The second-order valence-corrected chi connectivity index (χ2v) is 3.42. The third kappa shape index (κ3) is 1.44. The molecule has 9 heavy (non-hydrogen) atoms. The Morgan fingerprint density at radius 3 is 2.44 bits per heavy atom. The summed E-state index contributed by atoms with van der Waals surface area (Å²) in [7, 11) is 0. The highest BCUT2D eigenvalue weighted by Crippen LogP contribution is 2.22. The average Bonchev–Trinajstić information content (AvgIpc) is 1.79. The fraction of sp³-hybridized carbons (Fsp3) is 0.600. The first-order chi connectivity index (χ1) is 4.01. The number of hydroxylamine groups is 1. The maximum Gasteiger partial charge on any atom is 0.123 e. The first kappa shape index (κ1) is 7.05. The standard InChI is InChI=1S/C5H9BrN2O/c1-5(2)3-4(6)8(9)7-5/h3,7,9H,1-2H3. The van der Waals surface area contributed by atoms with Gasteiger partial charge < -0.3 is 0 Å². The molecule has 1 rings (SSSR count). The lowest BCUT2D eigenvalue weighted by atomic mass is 10.1. The van der Waals surface area contributed by atoms with Crippen molar-refractivity contribution in [3.63, 3.8) is 0 Å². The molecule has 0 saturated heterocycles. The first-order valence-electron chi connectivity index (χ1n) is 2.66. The molecule has 3 nitrogen and oxygen atoms in total. The van der Waals surface area contributed by atoms with Gasteiger partial charge in [-0.1, -0.05) is 0 Å². The number of nitrogens with zero attached hydrogens (tertiary/aromatic N) is 1. The molecule has 0 saturated carbocycles. The Balaban J connectivity index is 2.74. The van der Waals surface area contributed by atoms with Crippen LogP contribution in [0.5, 0.6) is 0 Å². The summed E-state index contributed by atoms with van der Waals surface area (Å²) in [6.07, 6.45) is 1.88. The van der Waals surface area contributed by atoms with E-state index in [1.165, 1.54) is 0 Å². The summed E-state index contributed by atoms with van der Waals surface area (Å²) in [6, 6.07) is 0. The minimum Gasteiger partial charge on any atom is -0.272 e. The Morgan fingerprint density at radius 2 is 2.33 bits per heavy atom. The van der Waals surface area contributed by atoms with E-state index < -0.39 is 0 Å². The van der Waals surface area contributed by atoms with Gasteiger partial charge in [-0.3, -0.25) is 5.21 Å². The normalized spacial score (nSPS) is 24.4. The lowest BCUT2D eigenvalue weighted by molar-refractivity contribution is -0.0954. The molecule has 2 N–H and O–H groups in total. The van der Waals surface area contributed by atoms with E-state index in [0.717, 1.165) is 5.17 Å². The van der Waals surface area contributed by atoms with Crippen LogP contribution in [0.1, 0.15) is 13.8 Å². The van der Waals surface area contributed by atoms with Crippen molar-refractivity contribution in [1.29, 1.82) is 0 Å². The van der Waals surface area contributed by atoms with Gasteiger partial charge in [0.25, 0.3) is 0 Å². The van der Waals surface area contributed by atoms with Crippen molar-refractivity contribution in [3.8, 4) is 0 Å². The maximum absolute atomic E-state index is 8.94. The number of hydrogen-bond acceptors (Lipinski definition) is 3. The fourth-order valence-corrected chi connectivity index (χ4v) is 1.38. The van der Waals surface area contributed by atoms with Gasteiger partial charge in [0.2, 0.25) is 0 Å². The Morgan fingerprint density at radius 1 is 1.78 bits per heavy atom. The van der Waals surface area contributed by atoms with Gasteiger partial charge in [-0.05, 0) is 35.9 Å². The molecule has 0 bridgehead atoms. The molecule has 0 spiro atoms. The van der Waals surface area contributed by atoms with E-state index in [0.29, 0.717) is 4.61 Å². The topological polar surface area (TPSA) is 35.5 Å². The third-order valence-corrected chi connectivity index (χ3v) is 1.64. The molecule has 0 aromatic heterocycles. The molecule has 0 aromatic rings. The number of hydrogen-bond donors (Lipinski definition) is 2. The van der Waals surface area contributed by atoms with Crippen molar-refractivity contribution in [2.75, 3.05) is 0 Å². The monoisotopic (exact) mass is 192 g/mol. The lowest BCUT2D eigenvalue weighted by Crippen LogP contribution is -2.40. The van der Waals surface area contributed by atoms with Crippen LogP contribution < -0.4 is 5.43 Å². The molecule has 0 amide bonds. The van der Waals surface area contributed by atoms with Crippen LogP contribution in [-0.4, -0.2) is 15.9 Å². The van der Waals surface area contributed by atoms with Gasteiger partial charge in [0.15, 0.2) is 0 Å². The zero-order valence-electron chi connectivity index (χ0n) is 5.35.